The summed E-state index contributed by atoms with van der Waals surface area (Å²) in [6.45, 7) is 8.05. The van der Waals surface area contributed by atoms with Gasteiger partial charge in [-0.3, -0.25) is 15.0 Å². The van der Waals surface area contributed by atoms with E-state index in [9.17, 15) is 9.59 Å². The number of unbranched alkanes of at least 4 members (excludes halogenated alkanes) is 10. The first-order chi connectivity index (χ1) is 13.6. The number of amides is 2. The average molecular weight is 397 g/mol. The predicted molar refractivity (Wildman–Crippen MR) is 115 cm³/mol. The lowest BCUT2D eigenvalue weighted by Gasteiger charge is -2.30. The van der Waals surface area contributed by atoms with E-state index in [0.717, 1.165) is 32.4 Å². The number of carbonyl (C=O) groups excluding carboxylic acids is 2. The molecule has 0 saturated carbocycles. The van der Waals surface area contributed by atoms with Crippen LogP contribution in [0.15, 0.2) is 0 Å². The molecule has 1 unspecified atom stereocenters. The molecular weight excluding hydrogens is 352 g/mol. The first kappa shape index (κ1) is 24.9. The molecule has 6 nitrogen and oxygen atoms in total. The Kier molecular flexibility index (Phi) is 14.0. The SMILES string of the molecule is CCCCCCCCN1NC(=O)C(NC(=O)CCC)N1CCCCCCCC. The number of carbonyl (C=O) groups is 2. The number of hydrazine groups is 2. The predicted octanol–water partition coefficient (Wildman–Crippen LogP) is 4.51. The summed E-state index contributed by atoms with van der Waals surface area (Å²) in [6.07, 6.45) is 15.3. The van der Waals surface area contributed by atoms with Crippen LogP contribution in [0.2, 0.25) is 0 Å². The Labute approximate surface area is 172 Å². The molecule has 6 heteroatoms. The summed E-state index contributed by atoms with van der Waals surface area (Å²) >= 11 is 0. The molecule has 2 N–H and O–H groups in total. The minimum absolute atomic E-state index is 0.0444. The zero-order chi connectivity index (χ0) is 20.6. The molecule has 0 aliphatic carbocycles. The average Bonchev–Trinajstić information content (AvgIpc) is 2.96. The highest BCUT2D eigenvalue weighted by Gasteiger charge is 2.38. The second-order valence-electron chi connectivity index (χ2n) is 8.02. The number of hydrogen-bond acceptors (Lipinski definition) is 4. The van der Waals surface area contributed by atoms with Gasteiger partial charge in [-0.1, -0.05) is 85.0 Å². The molecule has 1 rings (SSSR count). The fourth-order valence-corrected chi connectivity index (χ4v) is 3.65. The molecule has 0 bridgehead atoms. The lowest BCUT2D eigenvalue weighted by atomic mass is 10.1. The minimum Gasteiger partial charge on any atom is -0.331 e. The first-order valence-corrected chi connectivity index (χ1v) is 11.8. The second kappa shape index (κ2) is 15.7. The molecule has 1 saturated heterocycles. The van der Waals surface area contributed by atoms with Gasteiger partial charge in [-0.15, -0.1) is 0 Å². The van der Waals surface area contributed by atoms with Crippen LogP contribution in [0.4, 0.5) is 0 Å². The molecule has 0 aromatic heterocycles. The largest absolute Gasteiger partial charge is 0.331 e. The van der Waals surface area contributed by atoms with E-state index in [2.05, 4.69) is 24.6 Å². The Balaban J connectivity index is 2.50. The highest BCUT2D eigenvalue weighted by molar-refractivity contribution is 5.87. The molecule has 0 spiro atoms. The highest BCUT2D eigenvalue weighted by Crippen LogP contribution is 2.15. The molecule has 1 atom stereocenters. The van der Waals surface area contributed by atoms with Crippen molar-refractivity contribution in [3.63, 3.8) is 0 Å². The Morgan fingerprint density at radius 3 is 1.93 bits per heavy atom. The fraction of sp³-hybridized carbons (Fsp3) is 0.909. The topological polar surface area (TPSA) is 64.7 Å². The maximum Gasteiger partial charge on any atom is 0.274 e. The molecule has 164 valence electrons. The van der Waals surface area contributed by atoms with Crippen LogP contribution in [0.25, 0.3) is 0 Å². The van der Waals surface area contributed by atoms with E-state index in [1.54, 1.807) is 0 Å². The summed E-state index contributed by atoms with van der Waals surface area (Å²) in [7, 11) is 0. The van der Waals surface area contributed by atoms with Crippen molar-refractivity contribution < 1.29 is 9.59 Å². The summed E-state index contributed by atoms with van der Waals surface area (Å²) in [4.78, 5) is 24.5. The second-order valence-corrected chi connectivity index (χ2v) is 8.02. The van der Waals surface area contributed by atoms with Gasteiger partial charge in [-0.05, 0) is 19.3 Å². The third-order valence-corrected chi connectivity index (χ3v) is 5.33. The number of rotatable bonds is 17. The lowest BCUT2D eigenvalue weighted by Crippen LogP contribution is -2.51. The van der Waals surface area contributed by atoms with Crippen LogP contribution in [-0.2, 0) is 9.59 Å². The van der Waals surface area contributed by atoms with E-state index in [1.165, 1.54) is 64.2 Å². The van der Waals surface area contributed by atoms with Crippen LogP contribution >= 0.6 is 0 Å². The smallest absolute Gasteiger partial charge is 0.274 e. The number of hydrogen-bond donors (Lipinski definition) is 2. The summed E-state index contributed by atoms with van der Waals surface area (Å²) in [5, 5.41) is 6.92. The Bertz CT molecular complexity index is 431. The van der Waals surface area contributed by atoms with Gasteiger partial charge in [0.05, 0.1) is 0 Å². The molecule has 1 aliphatic rings. The van der Waals surface area contributed by atoms with E-state index in [-0.39, 0.29) is 11.8 Å². The molecular formula is C22H44N4O2. The Morgan fingerprint density at radius 1 is 0.821 bits per heavy atom. The van der Waals surface area contributed by atoms with Crippen molar-refractivity contribution in [1.29, 1.82) is 0 Å². The van der Waals surface area contributed by atoms with Crippen LogP contribution in [0.1, 0.15) is 111 Å². The van der Waals surface area contributed by atoms with Crippen LogP contribution in [0.5, 0.6) is 0 Å². The molecule has 1 fully saturated rings. The monoisotopic (exact) mass is 396 g/mol. The van der Waals surface area contributed by atoms with Crippen LogP contribution in [0, 0.1) is 0 Å². The molecule has 28 heavy (non-hydrogen) atoms. The van der Waals surface area contributed by atoms with Gasteiger partial charge in [0.25, 0.3) is 5.91 Å². The van der Waals surface area contributed by atoms with Crippen molar-refractivity contribution in [3.8, 4) is 0 Å². The Hall–Kier alpha value is -1.14. The van der Waals surface area contributed by atoms with E-state index in [1.807, 2.05) is 17.1 Å². The molecule has 2 amide bonds. The van der Waals surface area contributed by atoms with Crippen molar-refractivity contribution >= 4 is 11.8 Å². The van der Waals surface area contributed by atoms with Crippen molar-refractivity contribution in [2.24, 2.45) is 0 Å². The van der Waals surface area contributed by atoms with E-state index < -0.39 is 6.17 Å². The maximum absolute atomic E-state index is 12.5. The number of nitrogens with one attached hydrogen (secondary N) is 2. The van der Waals surface area contributed by atoms with Gasteiger partial charge in [0.2, 0.25) is 5.91 Å². The first-order valence-electron chi connectivity index (χ1n) is 11.8. The quantitative estimate of drug-likeness (QED) is 0.355. The van der Waals surface area contributed by atoms with Gasteiger partial charge in [0.15, 0.2) is 6.17 Å². The van der Waals surface area contributed by atoms with Crippen LogP contribution < -0.4 is 10.7 Å². The normalized spacial score (nSPS) is 17.8. The standard InChI is InChI=1S/C22H44N4O2/c1-4-7-9-11-13-15-18-25-21(23-20(27)17-6-3)22(28)24-26(25)19-16-14-12-10-8-5-2/h21H,4-19H2,1-3H3,(H,23,27)(H,24,28). The molecule has 0 aromatic carbocycles. The van der Waals surface area contributed by atoms with Gasteiger partial charge in [0.1, 0.15) is 0 Å². The van der Waals surface area contributed by atoms with Gasteiger partial charge in [-0.25, -0.2) is 0 Å². The zero-order valence-electron chi connectivity index (χ0n) is 18.6. The van der Waals surface area contributed by atoms with E-state index in [0.29, 0.717) is 6.42 Å². The van der Waals surface area contributed by atoms with Gasteiger partial charge in [0, 0.05) is 19.5 Å². The summed E-state index contributed by atoms with van der Waals surface area (Å²) in [5.41, 5.74) is 2.97. The highest BCUT2D eigenvalue weighted by atomic mass is 16.2. The molecule has 0 radical (unpaired) electrons. The third kappa shape index (κ3) is 9.87. The van der Waals surface area contributed by atoms with Crippen molar-refractivity contribution in [2.75, 3.05) is 13.1 Å². The maximum atomic E-state index is 12.5. The van der Waals surface area contributed by atoms with Gasteiger partial charge >= 0.3 is 0 Å². The molecule has 1 heterocycles. The van der Waals surface area contributed by atoms with Crippen molar-refractivity contribution in [3.05, 3.63) is 0 Å². The van der Waals surface area contributed by atoms with Crippen LogP contribution in [0.3, 0.4) is 0 Å². The van der Waals surface area contributed by atoms with E-state index >= 15 is 0 Å². The van der Waals surface area contributed by atoms with Crippen molar-refractivity contribution in [1.82, 2.24) is 20.9 Å². The molecule has 0 aromatic rings. The van der Waals surface area contributed by atoms with Crippen molar-refractivity contribution in [2.45, 2.75) is 117 Å². The zero-order valence-corrected chi connectivity index (χ0v) is 18.6. The third-order valence-electron chi connectivity index (χ3n) is 5.33. The van der Waals surface area contributed by atoms with Crippen LogP contribution in [-0.4, -0.2) is 41.2 Å². The lowest BCUT2D eigenvalue weighted by molar-refractivity contribution is -0.129. The van der Waals surface area contributed by atoms with E-state index in [4.69, 9.17) is 0 Å². The number of nitrogens with zero attached hydrogens (tertiary/aromatic N) is 2. The summed E-state index contributed by atoms with van der Waals surface area (Å²) in [6, 6.07) is 0. The van der Waals surface area contributed by atoms with Gasteiger partial charge in [-0.2, -0.15) is 10.1 Å². The van der Waals surface area contributed by atoms with Gasteiger partial charge < -0.3 is 5.32 Å². The summed E-state index contributed by atoms with van der Waals surface area (Å²) in [5.74, 6) is -0.154. The fourth-order valence-electron chi connectivity index (χ4n) is 3.65. The summed E-state index contributed by atoms with van der Waals surface area (Å²) < 4.78 is 0. The molecule has 1 aliphatic heterocycles. The minimum atomic E-state index is -0.560. The Morgan fingerprint density at radius 2 is 1.36 bits per heavy atom.